The highest BCUT2D eigenvalue weighted by Crippen LogP contribution is 2.06. The summed E-state index contributed by atoms with van der Waals surface area (Å²) in [6.07, 6.45) is 3.73. The maximum absolute atomic E-state index is 4.05. The van der Waals surface area contributed by atoms with Gasteiger partial charge in [-0.05, 0) is 31.7 Å². The first kappa shape index (κ1) is 13.5. The van der Waals surface area contributed by atoms with Crippen LogP contribution in [0.25, 0.3) is 0 Å². The monoisotopic (exact) mass is 248 g/mol. The maximum Gasteiger partial charge on any atom is 0.0271 e. The third-order valence-corrected chi connectivity index (χ3v) is 3.55. The van der Waals surface area contributed by atoms with Crippen molar-refractivity contribution < 1.29 is 0 Å². The predicted molar refractivity (Wildman–Crippen MR) is 74.5 cm³/mol. The molecule has 4 heteroatoms. The molecule has 1 aliphatic rings. The van der Waals surface area contributed by atoms with Crippen molar-refractivity contribution in [3.63, 3.8) is 0 Å². The highest BCUT2D eigenvalue weighted by molar-refractivity contribution is 5.09. The van der Waals surface area contributed by atoms with E-state index in [-0.39, 0.29) is 0 Å². The summed E-state index contributed by atoms with van der Waals surface area (Å²) >= 11 is 0. The average molecular weight is 248 g/mol. The van der Waals surface area contributed by atoms with E-state index in [1.54, 1.807) is 0 Å². The van der Waals surface area contributed by atoms with E-state index in [1.807, 2.05) is 12.4 Å². The number of hydrogen-bond donors (Lipinski definition) is 1. The molecule has 0 amide bonds. The minimum Gasteiger partial charge on any atom is -0.314 e. The molecule has 0 saturated carbocycles. The molecule has 1 N–H and O–H groups in total. The van der Waals surface area contributed by atoms with Gasteiger partial charge >= 0.3 is 0 Å². The van der Waals surface area contributed by atoms with E-state index >= 15 is 0 Å². The van der Waals surface area contributed by atoms with Gasteiger partial charge in [0.05, 0.1) is 0 Å². The fourth-order valence-electron chi connectivity index (χ4n) is 2.55. The molecule has 100 valence electrons. The van der Waals surface area contributed by atoms with Gasteiger partial charge in [-0.2, -0.15) is 0 Å². The van der Waals surface area contributed by atoms with E-state index in [9.17, 15) is 0 Å². The molecule has 0 bridgehead atoms. The number of pyridine rings is 1. The molecular formula is C14H24N4. The van der Waals surface area contributed by atoms with Gasteiger partial charge in [-0.25, -0.2) is 0 Å². The Bertz CT molecular complexity index is 335. The van der Waals surface area contributed by atoms with E-state index in [1.165, 1.54) is 18.7 Å². The molecule has 2 heterocycles. The van der Waals surface area contributed by atoms with Crippen LogP contribution in [0.3, 0.4) is 0 Å². The van der Waals surface area contributed by atoms with Crippen molar-refractivity contribution in [2.24, 2.45) is 0 Å². The van der Waals surface area contributed by atoms with Crippen molar-refractivity contribution in [2.45, 2.75) is 19.5 Å². The number of aromatic nitrogens is 1. The third-order valence-electron chi connectivity index (χ3n) is 3.55. The summed E-state index contributed by atoms with van der Waals surface area (Å²) in [6.45, 7) is 9.03. The van der Waals surface area contributed by atoms with Crippen molar-refractivity contribution in [1.29, 1.82) is 0 Å². The van der Waals surface area contributed by atoms with Crippen LogP contribution < -0.4 is 5.32 Å². The number of nitrogens with one attached hydrogen (secondary N) is 1. The van der Waals surface area contributed by atoms with E-state index in [4.69, 9.17) is 0 Å². The van der Waals surface area contributed by atoms with Crippen molar-refractivity contribution >= 4 is 0 Å². The zero-order valence-corrected chi connectivity index (χ0v) is 11.5. The van der Waals surface area contributed by atoms with Gasteiger partial charge in [0.1, 0.15) is 0 Å². The standard InChI is InChI=1S/C14H24N4/c1-13(18-9-7-16-8-10-18)11-17(2)12-14-3-5-15-6-4-14/h3-6,13,16H,7-12H2,1-2H3. The zero-order chi connectivity index (χ0) is 12.8. The topological polar surface area (TPSA) is 31.4 Å². The lowest BCUT2D eigenvalue weighted by atomic mass is 10.2. The fourth-order valence-corrected chi connectivity index (χ4v) is 2.55. The van der Waals surface area contributed by atoms with Crippen LogP contribution in [0.4, 0.5) is 0 Å². The molecule has 1 unspecified atom stereocenters. The Morgan fingerprint density at radius 1 is 1.33 bits per heavy atom. The summed E-state index contributed by atoms with van der Waals surface area (Å²) in [7, 11) is 2.19. The Hall–Kier alpha value is -0.970. The molecule has 0 aromatic carbocycles. The minimum atomic E-state index is 0.624. The van der Waals surface area contributed by atoms with Crippen LogP contribution in [0.2, 0.25) is 0 Å². The molecular weight excluding hydrogens is 224 g/mol. The quantitative estimate of drug-likeness (QED) is 0.835. The normalized spacial score (nSPS) is 19.1. The molecule has 0 radical (unpaired) electrons. The smallest absolute Gasteiger partial charge is 0.0271 e. The third kappa shape index (κ3) is 4.05. The van der Waals surface area contributed by atoms with E-state index in [0.29, 0.717) is 6.04 Å². The summed E-state index contributed by atoms with van der Waals surface area (Å²) in [5, 5.41) is 3.40. The summed E-state index contributed by atoms with van der Waals surface area (Å²) in [5.41, 5.74) is 1.33. The summed E-state index contributed by atoms with van der Waals surface area (Å²) in [5.74, 6) is 0. The van der Waals surface area contributed by atoms with Crippen LogP contribution >= 0.6 is 0 Å². The largest absolute Gasteiger partial charge is 0.314 e. The van der Waals surface area contributed by atoms with Crippen LogP contribution in [0.15, 0.2) is 24.5 Å². The summed E-state index contributed by atoms with van der Waals surface area (Å²) < 4.78 is 0. The SMILES string of the molecule is CC(CN(C)Cc1ccncc1)N1CCNCC1. The molecule has 1 aromatic rings. The Balaban J connectivity index is 1.77. The molecule has 1 atom stereocenters. The molecule has 1 aliphatic heterocycles. The average Bonchev–Trinajstić information content (AvgIpc) is 2.40. The molecule has 2 rings (SSSR count). The minimum absolute atomic E-state index is 0.624. The van der Waals surface area contributed by atoms with Crippen molar-refractivity contribution in [2.75, 3.05) is 39.8 Å². The molecule has 4 nitrogen and oxygen atoms in total. The molecule has 18 heavy (non-hydrogen) atoms. The Labute approximate surface area is 110 Å². The molecule has 1 fully saturated rings. The van der Waals surface area contributed by atoms with Gasteiger partial charge in [0.25, 0.3) is 0 Å². The summed E-state index contributed by atoms with van der Waals surface area (Å²) in [4.78, 5) is 9.01. The van der Waals surface area contributed by atoms with Crippen LogP contribution in [0.5, 0.6) is 0 Å². The van der Waals surface area contributed by atoms with Crippen molar-refractivity contribution in [3.8, 4) is 0 Å². The van der Waals surface area contributed by atoms with E-state index < -0.39 is 0 Å². The van der Waals surface area contributed by atoms with E-state index in [0.717, 1.165) is 26.2 Å². The second kappa shape index (κ2) is 6.83. The van der Waals surface area contributed by atoms with Crippen molar-refractivity contribution in [3.05, 3.63) is 30.1 Å². The van der Waals surface area contributed by atoms with Crippen LogP contribution in [-0.4, -0.2) is 60.6 Å². The van der Waals surface area contributed by atoms with Gasteiger partial charge in [-0.15, -0.1) is 0 Å². The molecule has 0 aliphatic carbocycles. The highest BCUT2D eigenvalue weighted by Gasteiger charge is 2.17. The molecule has 1 saturated heterocycles. The number of piperazine rings is 1. The van der Waals surface area contributed by atoms with E-state index in [2.05, 4.69) is 46.2 Å². The van der Waals surface area contributed by atoms with Crippen LogP contribution in [-0.2, 0) is 6.54 Å². The van der Waals surface area contributed by atoms with Crippen LogP contribution in [0, 0.1) is 0 Å². The number of hydrogen-bond acceptors (Lipinski definition) is 4. The maximum atomic E-state index is 4.05. The molecule has 0 spiro atoms. The second-order valence-electron chi connectivity index (χ2n) is 5.19. The lowest BCUT2D eigenvalue weighted by Crippen LogP contribution is -2.50. The first-order valence-electron chi connectivity index (χ1n) is 6.78. The van der Waals surface area contributed by atoms with Crippen LogP contribution in [0.1, 0.15) is 12.5 Å². The first-order valence-corrected chi connectivity index (χ1v) is 6.78. The fraction of sp³-hybridized carbons (Fsp3) is 0.643. The summed E-state index contributed by atoms with van der Waals surface area (Å²) in [6, 6.07) is 4.80. The Kier molecular flexibility index (Phi) is 5.11. The number of rotatable bonds is 5. The second-order valence-corrected chi connectivity index (χ2v) is 5.19. The Morgan fingerprint density at radius 3 is 2.67 bits per heavy atom. The van der Waals surface area contributed by atoms with Gasteiger partial charge in [-0.1, -0.05) is 0 Å². The predicted octanol–water partition coefficient (Wildman–Crippen LogP) is 0.807. The lowest BCUT2D eigenvalue weighted by molar-refractivity contribution is 0.144. The van der Waals surface area contributed by atoms with Gasteiger partial charge < -0.3 is 10.2 Å². The lowest BCUT2D eigenvalue weighted by Gasteiger charge is -2.35. The Morgan fingerprint density at radius 2 is 2.00 bits per heavy atom. The van der Waals surface area contributed by atoms with Gasteiger partial charge in [-0.3, -0.25) is 9.88 Å². The van der Waals surface area contributed by atoms with Gasteiger partial charge in [0, 0.05) is 57.7 Å². The first-order chi connectivity index (χ1) is 8.75. The zero-order valence-electron chi connectivity index (χ0n) is 11.5. The molecule has 1 aromatic heterocycles. The number of likely N-dealkylation sites (N-methyl/N-ethyl adjacent to an activating group) is 1. The van der Waals surface area contributed by atoms with Gasteiger partial charge in [0.2, 0.25) is 0 Å². The van der Waals surface area contributed by atoms with Gasteiger partial charge in [0.15, 0.2) is 0 Å². The highest BCUT2D eigenvalue weighted by atomic mass is 15.2. The number of nitrogens with zero attached hydrogens (tertiary/aromatic N) is 3. The van der Waals surface area contributed by atoms with Crippen molar-refractivity contribution in [1.82, 2.24) is 20.1 Å².